The Morgan fingerprint density at radius 2 is 2.19 bits per heavy atom. The van der Waals surface area contributed by atoms with Crippen LogP contribution in [0, 0.1) is 6.92 Å². The third-order valence-corrected chi connectivity index (χ3v) is 1.99. The lowest BCUT2D eigenvalue weighted by Gasteiger charge is -2.09. The summed E-state index contributed by atoms with van der Waals surface area (Å²) >= 11 is 0. The summed E-state index contributed by atoms with van der Waals surface area (Å²) in [5, 5.41) is 8.71. The number of aromatic nitrogens is 2. The summed E-state index contributed by atoms with van der Waals surface area (Å²) in [6, 6.07) is 0. The predicted octanol–water partition coefficient (Wildman–Crippen LogP) is 0.375. The second kappa shape index (κ2) is 5.89. The van der Waals surface area contributed by atoms with Crippen LogP contribution >= 0.6 is 0 Å². The number of hydrogen-bond acceptors (Lipinski definition) is 5. The number of aryl methyl sites for hydroxylation is 1. The van der Waals surface area contributed by atoms with Crippen LogP contribution in [0.3, 0.4) is 0 Å². The van der Waals surface area contributed by atoms with Crippen molar-refractivity contribution in [2.24, 2.45) is 0 Å². The molecule has 0 aromatic carbocycles. The summed E-state index contributed by atoms with van der Waals surface area (Å²) in [7, 11) is 1.77. The molecule has 88 valence electrons. The van der Waals surface area contributed by atoms with Crippen LogP contribution in [0.1, 0.15) is 12.5 Å². The first-order chi connectivity index (χ1) is 7.63. The molecule has 0 saturated heterocycles. The zero-order valence-electron chi connectivity index (χ0n) is 9.79. The molecule has 1 rings (SSSR count). The summed E-state index contributed by atoms with van der Waals surface area (Å²) in [6.45, 7) is 4.64. The van der Waals surface area contributed by atoms with Gasteiger partial charge in [-0.1, -0.05) is 0 Å². The van der Waals surface area contributed by atoms with Gasteiger partial charge in [0.1, 0.15) is 5.82 Å². The molecule has 1 aromatic rings. The minimum absolute atomic E-state index is 0.0304. The fourth-order valence-electron chi connectivity index (χ4n) is 1.16. The van der Waals surface area contributed by atoms with Crippen molar-refractivity contribution in [2.45, 2.75) is 13.8 Å². The number of nitrogens with zero attached hydrogens (tertiary/aromatic N) is 2. The molecule has 0 saturated carbocycles. The first kappa shape index (κ1) is 12.2. The monoisotopic (exact) mass is 223 g/mol. The Hall–Kier alpha value is -1.85. The van der Waals surface area contributed by atoms with Crippen LogP contribution in [0.25, 0.3) is 0 Å². The van der Waals surface area contributed by atoms with Gasteiger partial charge >= 0.3 is 0 Å². The van der Waals surface area contributed by atoms with Gasteiger partial charge < -0.3 is 16.0 Å². The Morgan fingerprint density at radius 1 is 1.44 bits per heavy atom. The summed E-state index contributed by atoms with van der Waals surface area (Å²) in [6.07, 6.45) is 1.75. The number of nitrogens with one attached hydrogen (secondary N) is 3. The van der Waals surface area contributed by atoms with E-state index < -0.39 is 0 Å². The van der Waals surface area contributed by atoms with E-state index in [0.29, 0.717) is 19.0 Å². The lowest BCUT2D eigenvalue weighted by atomic mass is 10.3. The zero-order chi connectivity index (χ0) is 12.0. The van der Waals surface area contributed by atoms with Crippen molar-refractivity contribution in [2.75, 3.05) is 30.8 Å². The topological polar surface area (TPSA) is 78.9 Å². The summed E-state index contributed by atoms with van der Waals surface area (Å²) < 4.78 is 0. The Kier molecular flexibility index (Phi) is 4.50. The molecule has 0 bridgehead atoms. The van der Waals surface area contributed by atoms with Gasteiger partial charge in [0.05, 0.1) is 0 Å². The van der Waals surface area contributed by atoms with Crippen LogP contribution in [-0.4, -0.2) is 36.0 Å². The van der Waals surface area contributed by atoms with E-state index >= 15 is 0 Å². The number of rotatable bonds is 5. The van der Waals surface area contributed by atoms with E-state index in [-0.39, 0.29) is 5.91 Å². The van der Waals surface area contributed by atoms with Crippen molar-refractivity contribution >= 4 is 17.7 Å². The molecular weight excluding hydrogens is 206 g/mol. The molecule has 0 aliphatic carbocycles. The first-order valence-corrected chi connectivity index (χ1v) is 5.13. The molecule has 6 heteroatoms. The van der Waals surface area contributed by atoms with E-state index in [1.165, 1.54) is 6.92 Å². The van der Waals surface area contributed by atoms with Crippen LogP contribution in [0.2, 0.25) is 0 Å². The number of carbonyl (C=O) groups is 1. The maximum absolute atomic E-state index is 10.6. The van der Waals surface area contributed by atoms with Crippen LogP contribution in [0.4, 0.5) is 11.8 Å². The van der Waals surface area contributed by atoms with E-state index in [4.69, 9.17) is 0 Å². The Morgan fingerprint density at radius 3 is 2.81 bits per heavy atom. The highest BCUT2D eigenvalue weighted by Crippen LogP contribution is 2.11. The SMILES string of the molecule is CNc1ncc(C)c(NCCNC(C)=O)n1. The molecule has 1 amide bonds. The van der Waals surface area contributed by atoms with Crippen LogP contribution in [0.5, 0.6) is 0 Å². The maximum Gasteiger partial charge on any atom is 0.224 e. The van der Waals surface area contributed by atoms with Gasteiger partial charge in [-0.05, 0) is 6.92 Å². The van der Waals surface area contributed by atoms with Crippen LogP contribution in [-0.2, 0) is 4.79 Å². The number of carbonyl (C=O) groups excluding carboxylic acids is 1. The molecule has 16 heavy (non-hydrogen) atoms. The molecule has 0 spiro atoms. The molecule has 0 aliphatic heterocycles. The molecule has 1 heterocycles. The molecule has 3 N–H and O–H groups in total. The van der Waals surface area contributed by atoms with Gasteiger partial charge in [0.15, 0.2) is 0 Å². The lowest BCUT2D eigenvalue weighted by Crippen LogP contribution is -2.26. The van der Waals surface area contributed by atoms with Crippen LogP contribution < -0.4 is 16.0 Å². The van der Waals surface area contributed by atoms with E-state index in [9.17, 15) is 4.79 Å². The number of hydrogen-bond donors (Lipinski definition) is 3. The molecule has 1 aromatic heterocycles. The summed E-state index contributed by atoms with van der Waals surface area (Å²) in [4.78, 5) is 19.0. The second-order valence-corrected chi connectivity index (χ2v) is 3.38. The largest absolute Gasteiger partial charge is 0.368 e. The van der Waals surface area contributed by atoms with Crippen molar-refractivity contribution in [3.8, 4) is 0 Å². The first-order valence-electron chi connectivity index (χ1n) is 5.13. The molecule has 0 atom stereocenters. The van der Waals surface area contributed by atoms with Crippen molar-refractivity contribution in [3.63, 3.8) is 0 Å². The minimum Gasteiger partial charge on any atom is -0.368 e. The quantitative estimate of drug-likeness (QED) is 0.629. The molecule has 6 nitrogen and oxygen atoms in total. The highest BCUT2D eigenvalue weighted by Gasteiger charge is 2.01. The normalized spacial score (nSPS) is 9.69. The van der Waals surface area contributed by atoms with E-state index in [1.54, 1.807) is 13.2 Å². The van der Waals surface area contributed by atoms with Crippen molar-refractivity contribution in [1.29, 1.82) is 0 Å². The van der Waals surface area contributed by atoms with Gasteiger partial charge in [0.25, 0.3) is 0 Å². The third kappa shape index (κ3) is 3.72. The van der Waals surface area contributed by atoms with Gasteiger partial charge in [-0.3, -0.25) is 4.79 Å². The van der Waals surface area contributed by atoms with Crippen LogP contribution in [0.15, 0.2) is 6.20 Å². The molecule has 0 unspecified atom stereocenters. The number of anilines is 2. The third-order valence-electron chi connectivity index (χ3n) is 1.99. The molecule has 0 aliphatic rings. The predicted molar refractivity (Wildman–Crippen MR) is 63.5 cm³/mol. The van der Waals surface area contributed by atoms with Gasteiger partial charge in [-0.15, -0.1) is 0 Å². The summed E-state index contributed by atoms with van der Waals surface area (Å²) in [5.74, 6) is 1.33. The Bertz CT molecular complexity index is 366. The minimum atomic E-state index is -0.0304. The van der Waals surface area contributed by atoms with Crippen molar-refractivity contribution in [3.05, 3.63) is 11.8 Å². The Labute approximate surface area is 94.9 Å². The maximum atomic E-state index is 10.6. The Balaban J connectivity index is 2.49. The number of amides is 1. The van der Waals surface area contributed by atoms with E-state index in [2.05, 4.69) is 25.9 Å². The van der Waals surface area contributed by atoms with Gasteiger partial charge in [-0.2, -0.15) is 4.98 Å². The van der Waals surface area contributed by atoms with Gasteiger partial charge in [0.2, 0.25) is 11.9 Å². The highest BCUT2D eigenvalue weighted by atomic mass is 16.1. The highest BCUT2D eigenvalue weighted by molar-refractivity contribution is 5.72. The zero-order valence-corrected chi connectivity index (χ0v) is 9.79. The van der Waals surface area contributed by atoms with E-state index in [0.717, 1.165) is 11.4 Å². The van der Waals surface area contributed by atoms with Crippen molar-refractivity contribution < 1.29 is 4.79 Å². The van der Waals surface area contributed by atoms with Crippen molar-refractivity contribution in [1.82, 2.24) is 15.3 Å². The standard InChI is InChI=1S/C10H17N5O/c1-7-6-14-10(11-3)15-9(7)13-5-4-12-8(2)16/h6H,4-5H2,1-3H3,(H,12,16)(H2,11,13,14,15). The summed E-state index contributed by atoms with van der Waals surface area (Å²) in [5.41, 5.74) is 0.974. The second-order valence-electron chi connectivity index (χ2n) is 3.38. The molecule has 0 fully saturated rings. The fourth-order valence-corrected chi connectivity index (χ4v) is 1.16. The van der Waals surface area contributed by atoms with Gasteiger partial charge in [-0.25, -0.2) is 4.98 Å². The van der Waals surface area contributed by atoms with Gasteiger partial charge in [0, 0.05) is 38.8 Å². The average molecular weight is 223 g/mol. The lowest BCUT2D eigenvalue weighted by molar-refractivity contribution is -0.118. The molecule has 0 radical (unpaired) electrons. The smallest absolute Gasteiger partial charge is 0.224 e. The fraction of sp³-hybridized carbons (Fsp3) is 0.500. The van der Waals surface area contributed by atoms with E-state index in [1.807, 2.05) is 6.92 Å². The average Bonchev–Trinajstić information content (AvgIpc) is 2.26. The molecular formula is C10H17N5O.